The summed E-state index contributed by atoms with van der Waals surface area (Å²) in [6, 6.07) is 6.37. The van der Waals surface area contributed by atoms with Gasteiger partial charge in [0, 0.05) is 4.47 Å². The largest absolute Gasteiger partial charge is 0.376 e. The molecular formula is C13H17BrO5S. The summed E-state index contributed by atoms with van der Waals surface area (Å²) in [5.41, 5.74) is -1.26. The summed E-state index contributed by atoms with van der Waals surface area (Å²) in [5, 5.41) is 0. The third kappa shape index (κ3) is 3.79. The van der Waals surface area contributed by atoms with Crippen LogP contribution >= 0.6 is 15.9 Å². The molecule has 0 spiro atoms. The van der Waals surface area contributed by atoms with Crippen molar-refractivity contribution in [1.82, 2.24) is 0 Å². The van der Waals surface area contributed by atoms with E-state index in [1.807, 2.05) is 13.8 Å². The number of hydrogen-bond acceptors (Lipinski definition) is 5. The number of rotatable bonds is 5. The van der Waals surface area contributed by atoms with Crippen LogP contribution < -0.4 is 0 Å². The number of benzene rings is 1. The number of ether oxygens (including phenoxy) is 3. The quantitative estimate of drug-likeness (QED) is 0.802. The molecule has 112 valence electrons. The second kappa shape index (κ2) is 6.53. The summed E-state index contributed by atoms with van der Waals surface area (Å²) >= 11 is 3.27. The van der Waals surface area contributed by atoms with Gasteiger partial charge in [-0.3, -0.25) is 0 Å². The molecule has 1 aromatic carbocycles. The highest BCUT2D eigenvalue weighted by atomic mass is 79.9. The van der Waals surface area contributed by atoms with Gasteiger partial charge < -0.3 is 14.2 Å². The second-order valence-corrected chi connectivity index (χ2v) is 7.62. The summed E-state index contributed by atoms with van der Waals surface area (Å²) in [4.78, 5) is 0.177. The first kappa shape index (κ1) is 15.9. The lowest BCUT2D eigenvalue weighted by molar-refractivity contribution is -0.0321. The van der Waals surface area contributed by atoms with Gasteiger partial charge in [0.1, 0.15) is 6.10 Å². The highest BCUT2D eigenvalue weighted by molar-refractivity contribution is 9.10. The normalized spacial score (nSPS) is 23.4. The maximum atomic E-state index is 12.3. The summed E-state index contributed by atoms with van der Waals surface area (Å²) in [6.45, 7) is 4.36. The molecule has 0 radical (unpaired) electrons. The summed E-state index contributed by atoms with van der Waals surface area (Å²) in [6.07, 6.45) is -0.284. The predicted molar refractivity (Wildman–Crippen MR) is 77.0 cm³/mol. The lowest BCUT2D eigenvalue weighted by atomic mass is 10.4. The molecule has 1 unspecified atom stereocenters. The molecular weight excluding hydrogens is 348 g/mol. The summed E-state index contributed by atoms with van der Waals surface area (Å²) in [7, 11) is -3.65. The van der Waals surface area contributed by atoms with Crippen molar-refractivity contribution in [3.05, 3.63) is 28.7 Å². The van der Waals surface area contributed by atoms with E-state index in [-0.39, 0.29) is 23.7 Å². The van der Waals surface area contributed by atoms with E-state index in [9.17, 15) is 8.42 Å². The average Bonchev–Trinajstić information content (AvgIpc) is 2.86. The molecule has 0 aliphatic carbocycles. The topological polar surface area (TPSA) is 61.8 Å². The van der Waals surface area contributed by atoms with Gasteiger partial charge in [-0.25, -0.2) is 8.42 Å². The van der Waals surface area contributed by atoms with Gasteiger partial charge in [0.05, 0.1) is 24.2 Å². The van der Waals surface area contributed by atoms with Crippen LogP contribution in [0, 0.1) is 0 Å². The van der Waals surface area contributed by atoms with E-state index in [0.717, 1.165) is 4.47 Å². The van der Waals surface area contributed by atoms with E-state index in [2.05, 4.69) is 15.9 Å². The molecule has 0 saturated carbocycles. The Morgan fingerprint density at radius 2 is 2.00 bits per heavy atom. The minimum atomic E-state index is -3.65. The predicted octanol–water partition coefficient (Wildman–Crippen LogP) is 2.35. The lowest BCUT2D eigenvalue weighted by Gasteiger charge is -2.14. The molecule has 7 heteroatoms. The third-order valence-corrected chi connectivity index (χ3v) is 4.94. The molecule has 1 aromatic rings. The molecule has 2 rings (SSSR count). The van der Waals surface area contributed by atoms with Crippen molar-refractivity contribution < 1.29 is 22.6 Å². The fourth-order valence-electron chi connectivity index (χ4n) is 1.71. The molecule has 1 fully saturated rings. The van der Waals surface area contributed by atoms with Crippen LogP contribution in [0.25, 0.3) is 0 Å². The summed E-state index contributed by atoms with van der Waals surface area (Å²) < 4.78 is 41.5. The van der Waals surface area contributed by atoms with E-state index in [4.69, 9.17) is 14.2 Å². The number of hydrogen-bond donors (Lipinski definition) is 0. The van der Waals surface area contributed by atoms with Gasteiger partial charge in [-0.1, -0.05) is 15.9 Å². The van der Waals surface area contributed by atoms with Gasteiger partial charge in [0.2, 0.25) is 9.84 Å². The second-order valence-electron chi connectivity index (χ2n) is 4.76. The van der Waals surface area contributed by atoms with Crippen molar-refractivity contribution in [1.29, 1.82) is 0 Å². The standard InChI is InChI=1S/C13H17BrO5S/c1-9(2)17-7-11-8-18-13(19-11)20(15,16)12-5-3-10(14)4-6-12/h3-6,9,11,13H,7-8H2,1-2H3/t11?,13-/m0/s1. The van der Waals surface area contributed by atoms with E-state index < -0.39 is 15.5 Å². The molecule has 1 aliphatic heterocycles. The Hall–Kier alpha value is -0.470. The van der Waals surface area contributed by atoms with Gasteiger partial charge >= 0.3 is 0 Å². The molecule has 0 bridgehead atoms. The third-order valence-electron chi connectivity index (χ3n) is 2.73. The van der Waals surface area contributed by atoms with Crippen molar-refractivity contribution in [2.75, 3.05) is 13.2 Å². The van der Waals surface area contributed by atoms with Crippen molar-refractivity contribution in [3.8, 4) is 0 Å². The Bertz CT molecular complexity index is 540. The SMILES string of the molecule is CC(C)OCC1CO[C@H](S(=O)(=O)c2ccc(Br)cc2)O1. The van der Waals surface area contributed by atoms with E-state index in [0.29, 0.717) is 6.61 Å². The highest BCUT2D eigenvalue weighted by Gasteiger charge is 2.37. The first-order chi connectivity index (χ1) is 9.39. The molecule has 0 aromatic heterocycles. The highest BCUT2D eigenvalue weighted by Crippen LogP contribution is 2.25. The van der Waals surface area contributed by atoms with Gasteiger partial charge in [-0.05, 0) is 38.1 Å². The van der Waals surface area contributed by atoms with E-state index in [1.54, 1.807) is 12.1 Å². The van der Waals surface area contributed by atoms with Crippen LogP contribution in [0.15, 0.2) is 33.6 Å². The fraction of sp³-hybridized carbons (Fsp3) is 0.538. The van der Waals surface area contributed by atoms with Gasteiger partial charge in [0.25, 0.3) is 5.62 Å². The monoisotopic (exact) mass is 364 g/mol. The Labute approximate surface area is 127 Å². The zero-order valence-corrected chi connectivity index (χ0v) is 13.7. The molecule has 0 amide bonds. The molecule has 5 nitrogen and oxygen atoms in total. The van der Waals surface area contributed by atoms with Crippen LogP contribution in [0.3, 0.4) is 0 Å². The Morgan fingerprint density at radius 3 is 2.60 bits per heavy atom. The maximum Gasteiger partial charge on any atom is 0.268 e. The zero-order valence-electron chi connectivity index (χ0n) is 11.3. The van der Waals surface area contributed by atoms with Crippen LogP contribution in [-0.4, -0.2) is 39.5 Å². The van der Waals surface area contributed by atoms with Crippen LogP contribution in [0.5, 0.6) is 0 Å². The minimum Gasteiger partial charge on any atom is -0.376 e. The van der Waals surface area contributed by atoms with Crippen molar-refractivity contribution in [2.24, 2.45) is 0 Å². The van der Waals surface area contributed by atoms with E-state index >= 15 is 0 Å². The number of sulfone groups is 1. The van der Waals surface area contributed by atoms with Gasteiger partial charge in [-0.2, -0.15) is 0 Å². The number of halogens is 1. The Balaban J connectivity index is 2.03. The van der Waals surface area contributed by atoms with Crippen molar-refractivity contribution in [2.45, 2.75) is 36.6 Å². The van der Waals surface area contributed by atoms with Gasteiger partial charge in [0.15, 0.2) is 0 Å². The lowest BCUT2D eigenvalue weighted by Crippen LogP contribution is -2.25. The summed E-state index contributed by atoms with van der Waals surface area (Å²) in [5.74, 6) is 0. The first-order valence-electron chi connectivity index (χ1n) is 6.27. The van der Waals surface area contributed by atoms with E-state index in [1.165, 1.54) is 12.1 Å². The Morgan fingerprint density at radius 1 is 1.35 bits per heavy atom. The van der Waals surface area contributed by atoms with Gasteiger partial charge in [-0.15, -0.1) is 0 Å². The van der Waals surface area contributed by atoms with Crippen molar-refractivity contribution >= 4 is 25.8 Å². The Kier molecular flexibility index (Phi) is 5.19. The van der Waals surface area contributed by atoms with Crippen LogP contribution in [0.1, 0.15) is 13.8 Å². The van der Waals surface area contributed by atoms with Crippen molar-refractivity contribution in [3.63, 3.8) is 0 Å². The minimum absolute atomic E-state index is 0.0701. The van der Waals surface area contributed by atoms with Crippen LogP contribution in [0.4, 0.5) is 0 Å². The zero-order chi connectivity index (χ0) is 14.8. The average molecular weight is 365 g/mol. The first-order valence-corrected chi connectivity index (χ1v) is 8.61. The molecule has 1 heterocycles. The fourth-order valence-corrected chi connectivity index (χ4v) is 3.27. The molecule has 1 saturated heterocycles. The molecule has 20 heavy (non-hydrogen) atoms. The smallest absolute Gasteiger partial charge is 0.268 e. The molecule has 0 N–H and O–H groups in total. The maximum absolute atomic E-state index is 12.3. The van der Waals surface area contributed by atoms with Crippen LogP contribution in [0.2, 0.25) is 0 Å². The molecule has 1 aliphatic rings. The van der Waals surface area contributed by atoms with Crippen LogP contribution in [-0.2, 0) is 24.0 Å². The molecule has 2 atom stereocenters.